The molecule has 0 radical (unpaired) electrons. The first kappa shape index (κ1) is 15.9. The molecule has 0 aliphatic heterocycles. The van der Waals surface area contributed by atoms with Gasteiger partial charge in [-0.15, -0.1) is 0 Å². The fourth-order valence-corrected chi connectivity index (χ4v) is 2.80. The van der Waals surface area contributed by atoms with Crippen LogP contribution in [-0.2, 0) is 4.74 Å². The van der Waals surface area contributed by atoms with Gasteiger partial charge in [0.15, 0.2) is 0 Å². The van der Waals surface area contributed by atoms with Crippen LogP contribution in [-0.4, -0.2) is 43.3 Å². The summed E-state index contributed by atoms with van der Waals surface area (Å²) >= 11 is 0. The van der Waals surface area contributed by atoms with Crippen LogP contribution in [0.3, 0.4) is 0 Å². The van der Waals surface area contributed by atoms with E-state index in [1.54, 1.807) is 0 Å². The Hall–Kier alpha value is -0.120. The van der Waals surface area contributed by atoms with Crippen LogP contribution < -0.4 is 5.73 Å². The highest BCUT2D eigenvalue weighted by atomic mass is 16.5. The molecule has 0 unspecified atom stereocenters. The molecule has 3 nitrogen and oxygen atoms in total. The fraction of sp³-hybridized carbons (Fsp3) is 1.00. The molecule has 0 saturated heterocycles. The molecule has 2 N–H and O–H groups in total. The molecule has 1 aliphatic carbocycles. The molecule has 18 heavy (non-hydrogen) atoms. The summed E-state index contributed by atoms with van der Waals surface area (Å²) in [6, 6.07) is 0.773. The Morgan fingerprint density at radius 2 is 1.78 bits per heavy atom. The lowest BCUT2D eigenvalue weighted by Gasteiger charge is -2.31. The Kier molecular flexibility index (Phi) is 8.64. The van der Waals surface area contributed by atoms with Crippen molar-refractivity contribution in [3.05, 3.63) is 0 Å². The van der Waals surface area contributed by atoms with E-state index < -0.39 is 0 Å². The van der Waals surface area contributed by atoms with E-state index in [4.69, 9.17) is 10.5 Å². The molecule has 0 spiro atoms. The van der Waals surface area contributed by atoms with Crippen molar-refractivity contribution in [1.29, 1.82) is 0 Å². The summed E-state index contributed by atoms with van der Waals surface area (Å²) in [6.45, 7) is 8.09. The van der Waals surface area contributed by atoms with Crippen LogP contribution in [0, 0.1) is 0 Å². The molecule has 1 saturated carbocycles. The maximum Gasteiger partial charge on any atom is 0.0597 e. The van der Waals surface area contributed by atoms with Crippen LogP contribution in [0.5, 0.6) is 0 Å². The first-order valence-corrected chi connectivity index (χ1v) is 7.79. The summed E-state index contributed by atoms with van der Waals surface area (Å²) < 4.78 is 5.70. The summed E-state index contributed by atoms with van der Waals surface area (Å²) in [4.78, 5) is 2.63. The van der Waals surface area contributed by atoms with Crippen LogP contribution in [0.25, 0.3) is 0 Å². The van der Waals surface area contributed by atoms with E-state index in [0.717, 1.165) is 38.7 Å². The van der Waals surface area contributed by atoms with Crippen molar-refractivity contribution in [1.82, 2.24) is 4.90 Å². The van der Waals surface area contributed by atoms with Crippen molar-refractivity contribution in [3.63, 3.8) is 0 Å². The summed E-state index contributed by atoms with van der Waals surface area (Å²) in [5.41, 5.74) is 5.66. The molecule has 0 aromatic carbocycles. The van der Waals surface area contributed by atoms with Crippen molar-refractivity contribution in [3.8, 4) is 0 Å². The van der Waals surface area contributed by atoms with Crippen LogP contribution in [0.4, 0.5) is 0 Å². The monoisotopic (exact) mass is 256 g/mol. The summed E-state index contributed by atoms with van der Waals surface area (Å²) in [5.74, 6) is 0. The third-order valence-electron chi connectivity index (χ3n) is 3.82. The van der Waals surface area contributed by atoms with Gasteiger partial charge in [-0.2, -0.15) is 0 Å². The van der Waals surface area contributed by atoms with Gasteiger partial charge < -0.3 is 10.5 Å². The zero-order chi connectivity index (χ0) is 13.2. The van der Waals surface area contributed by atoms with E-state index in [0.29, 0.717) is 6.10 Å². The molecule has 0 aromatic rings. The van der Waals surface area contributed by atoms with Gasteiger partial charge in [0.1, 0.15) is 0 Å². The third-order valence-corrected chi connectivity index (χ3v) is 3.82. The fourth-order valence-electron chi connectivity index (χ4n) is 2.80. The Bertz CT molecular complexity index is 189. The van der Waals surface area contributed by atoms with E-state index in [1.807, 2.05) is 0 Å². The molecular formula is C15H32N2O. The number of ether oxygens (including phenoxy) is 1. The van der Waals surface area contributed by atoms with Crippen molar-refractivity contribution in [2.75, 3.05) is 26.2 Å². The van der Waals surface area contributed by atoms with E-state index >= 15 is 0 Å². The second-order valence-corrected chi connectivity index (χ2v) is 5.74. The van der Waals surface area contributed by atoms with E-state index in [-0.39, 0.29) is 0 Å². The highest BCUT2D eigenvalue weighted by Crippen LogP contribution is 2.22. The molecule has 1 fully saturated rings. The summed E-state index contributed by atoms with van der Waals surface area (Å²) in [5, 5.41) is 0. The van der Waals surface area contributed by atoms with Crippen molar-refractivity contribution in [2.45, 2.75) is 70.9 Å². The van der Waals surface area contributed by atoms with Crippen LogP contribution >= 0.6 is 0 Å². The third kappa shape index (κ3) is 6.72. The maximum atomic E-state index is 5.70. The van der Waals surface area contributed by atoms with Crippen LogP contribution in [0.15, 0.2) is 0 Å². The standard InChI is InChI=1S/C15H32N2O/c1-14(2)18-13-12-17(11-7-10-16)15-8-5-3-4-6-9-15/h14-15H,3-13,16H2,1-2H3. The Morgan fingerprint density at radius 1 is 1.11 bits per heavy atom. The molecule has 1 aliphatic rings. The van der Waals surface area contributed by atoms with Crippen LogP contribution in [0.2, 0.25) is 0 Å². The first-order chi connectivity index (χ1) is 8.74. The lowest BCUT2D eigenvalue weighted by molar-refractivity contribution is 0.0462. The minimum Gasteiger partial charge on any atom is -0.377 e. The smallest absolute Gasteiger partial charge is 0.0597 e. The highest BCUT2D eigenvalue weighted by molar-refractivity contribution is 4.75. The Balaban J connectivity index is 2.36. The van der Waals surface area contributed by atoms with Gasteiger partial charge in [-0.3, -0.25) is 4.90 Å². The van der Waals surface area contributed by atoms with E-state index in [2.05, 4.69) is 18.7 Å². The lowest BCUT2D eigenvalue weighted by atomic mass is 10.1. The molecule has 0 bridgehead atoms. The Morgan fingerprint density at radius 3 is 2.33 bits per heavy atom. The number of nitrogens with two attached hydrogens (primary N) is 1. The van der Waals surface area contributed by atoms with E-state index in [1.165, 1.54) is 38.5 Å². The van der Waals surface area contributed by atoms with Crippen LogP contribution in [0.1, 0.15) is 58.8 Å². The van der Waals surface area contributed by atoms with Gasteiger partial charge in [0.25, 0.3) is 0 Å². The molecule has 108 valence electrons. The Labute approximate surface area is 113 Å². The number of hydrogen-bond acceptors (Lipinski definition) is 3. The number of hydrogen-bond donors (Lipinski definition) is 1. The van der Waals surface area contributed by atoms with Gasteiger partial charge in [0.2, 0.25) is 0 Å². The zero-order valence-electron chi connectivity index (χ0n) is 12.4. The number of rotatable bonds is 8. The molecule has 0 atom stereocenters. The molecule has 3 heteroatoms. The largest absolute Gasteiger partial charge is 0.377 e. The highest BCUT2D eigenvalue weighted by Gasteiger charge is 2.19. The second-order valence-electron chi connectivity index (χ2n) is 5.74. The summed E-state index contributed by atoms with van der Waals surface area (Å²) in [7, 11) is 0. The lowest BCUT2D eigenvalue weighted by Crippen LogP contribution is -2.39. The summed E-state index contributed by atoms with van der Waals surface area (Å²) in [6.07, 6.45) is 9.82. The number of nitrogens with zero attached hydrogens (tertiary/aromatic N) is 1. The van der Waals surface area contributed by atoms with Gasteiger partial charge in [0.05, 0.1) is 12.7 Å². The average Bonchev–Trinajstić information content (AvgIpc) is 2.62. The van der Waals surface area contributed by atoms with Gasteiger partial charge >= 0.3 is 0 Å². The molecule has 0 aromatic heterocycles. The predicted octanol–water partition coefficient (Wildman–Crippen LogP) is 2.79. The van der Waals surface area contributed by atoms with E-state index in [9.17, 15) is 0 Å². The molecular weight excluding hydrogens is 224 g/mol. The predicted molar refractivity (Wildman–Crippen MR) is 77.8 cm³/mol. The quantitative estimate of drug-likeness (QED) is 0.679. The normalized spacial score (nSPS) is 18.5. The van der Waals surface area contributed by atoms with Gasteiger partial charge in [-0.25, -0.2) is 0 Å². The first-order valence-electron chi connectivity index (χ1n) is 7.79. The van der Waals surface area contributed by atoms with Crippen molar-refractivity contribution >= 4 is 0 Å². The zero-order valence-corrected chi connectivity index (χ0v) is 12.4. The molecule has 1 rings (SSSR count). The second kappa shape index (κ2) is 9.76. The SMILES string of the molecule is CC(C)OCCN(CCCN)C1CCCCCC1. The topological polar surface area (TPSA) is 38.5 Å². The molecule has 0 heterocycles. The van der Waals surface area contributed by atoms with Gasteiger partial charge in [-0.05, 0) is 46.2 Å². The van der Waals surface area contributed by atoms with Gasteiger partial charge in [0, 0.05) is 12.6 Å². The average molecular weight is 256 g/mol. The van der Waals surface area contributed by atoms with Crippen molar-refractivity contribution < 1.29 is 4.74 Å². The van der Waals surface area contributed by atoms with Crippen molar-refractivity contribution in [2.24, 2.45) is 5.73 Å². The minimum atomic E-state index is 0.343. The maximum absolute atomic E-state index is 5.70. The van der Waals surface area contributed by atoms with Gasteiger partial charge in [-0.1, -0.05) is 25.7 Å². The molecule has 0 amide bonds. The minimum absolute atomic E-state index is 0.343.